The highest BCUT2D eigenvalue weighted by Gasteiger charge is 2.26. The van der Waals surface area contributed by atoms with Crippen molar-refractivity contribution < 1.29 is 4.79 Å². The van der Waals surface area contributed by atoms with Crippen molar-refractivity contribution in [1.82, 2.24) is 24.5 Å². The minimum atomic E-state index is -0.116. The lowest BCUT2D eigenvalue weighted by Crippen LogP contribution is -2.50. The maximum absolute atomic E-state index is 12.9. The molecule has 0 N–H and O–H groups in total. The zero-order chi connectivity index (χ0) is 19.5. The Hall–Kier alpha value is -2.96. The third kappa shape index (κ3) is 3.56. The number of carbonyl (C=O) groups is 1. The minimum absolute atomic E-state index is 0.116. The molecule has 0 radical (unpaired) electrons. The molecule has 1 amide bonds. The van der Waals surface area contributed by atoms with E-state index in [1.165, 1.54) is 5.69 Å². The molecule has 2 aromatic heterocycles. The van der Waals surface area contributed by atoms with Gasteiger partial charge in [0.15, 0.2) is 0 Å². The van der Waals surface area contributed by atoms with Gasteiger partial charge < -0.3 is 9.80 Å². The van der Waals surface area contributed by atoms with Crippen LogP contribution in [0.5, 0.6) is 0 Å². The summed E-state index contributed by atoms with van der Waals surface area (Å²) in [6.45, 7) is 7.11. The quantitative estimate of drug-likeness (QED) is 0.683. The Labute approximate surface area is 165 Å². The van der Waals surface area contributed by atoms with Crippen molar-refractivity contribution in [2.75, 3.05) is 31.1 Å². The first-order valence-electron chi connectivity index (χ1n) is 9.95. The number of aryl methyl sites for hydroxylation is 1. The van der Waals surface area contributed by atoms with Crippen molar-refractivity contribution >= 4 is 17.5 Å². The number of fused-ring (bicyclic) bond motifs is 1. The Bertz CT molecular complexity index is 946. The standard InChI is InChI=1S/C21H26N6O/c1-3-7-18-14-19(23-21-24-22-15-27(18)21)25-10-12-26(13-11-25)20(28)16(2)17-8-5-4-6-9-17/h4-6,8-9,14-16H,3,7,10-13H2,1-2H3/t16-/m1/s1. The van der Waals surface area contributed by atoms with Crippen molar-refractivity contribution in [3.8, 4) is 0 Å². The zero-order valence-electron chi connectivity index (χ0n) is 16.5. The van der Waals surface area contributed by atoms with Gasteiger partial charge in [0, 0.05) is 37.9 Å². The van der Waals surface area contributed by atoms with Gasteiger partial charge in [0.1, 0.15) is 12.1 Å². The van der Waals surface area contributed by atoms with Gasteiger partial charge in [-0.05, 0) is 18.9 Å². The number of amides is 1. The summed E-state index contributed by atoms with van der Waals surface area (Å²) >= 11 is 0. The molecule has 1 fully saturated rings. The smallest absolute Gasteiger partial charge is 0.256 e. The molecule has 0 unspecified atom stereocenters. The Morgan fingerprint density at radius 1 is 1.14 bits per heavy atom. The summed E-state index contributed by atoms with van der Waals surface area (Å²) in [5, 5.41) is 8.12. The number of anilines is 1. The first-order chi connectivity index (χ1) is 13.7. The highest BCUT2D eigenvalue weighted by molar-refractivity contribution is 5.83. The summed E-state index contributed by atoms with van der Waals surface area (Å²) in [7, 11) is 0. The average Bonchev–Trinajstić information content (AvgIpc) is 3.23. The van der Waals surface area contributed by atoms with E-state index >= 15 is 0 Å². The highest BCUT2D eigenvalue weighted by atomic mass is 16.2. The fourth-order valence-corrected chi connectivity index (χ4v) is 3.79. The summed E-state index contributed by atoms with van der Waals surface area (Å²) in [6, 6.07) is 12.1. The molecule has 28 heavy (non-hydrogen) atoms. The van der Waals surface area contributed by atoms with Crippen LogP contribution in [0.25, 0.3) is 5.78 Å². The Morgan fingerprint density at radius 2 is 1.89 bits per heavy atom. The van der Waals surface area contributed by atoms with Crippen molar-refractivity contribution in [3.63, 3.8) is 0 Å². The molecule has 3 heterocycles. The SMILES string of the molecule is CCCc1cc(N2CCN(C(=O)[C@H](C)c3ccccc3)CC2)nc2nncn12. The molecule has 7 nitrogen and oxygen atoms in total. The number of hydrogen-bond donors (Lipinski definition) is 0. The van der Waals surface area contributed by atoms with Gasteiger partial charge in [0.2, 0.25) is 5.91 Å². The van der Waals surface area contributed by atoms with E-state index < -0.39 is 0 Å². The molecule has 3 aromatic rings. The lowest BCUT2D eigenvalue weighted by molar-refractivity contribution is -0.132. The minimum Gasteiger partial charge on any atom is -0.353 e. The van der Waals surface area contributed by atoms with Crippen LogP contribution in [0.3, 0.4) is 0 Å². The predicted octanol–water partition coefficient (Wildman–Crippen LogP) is 2.53. The van der Waals surface area contributed by atoms with E-state index in [4.69, 9.17) is 0 Å². The second-order valence-corrected chi connectivity index (χ2v) is 7.30. The second kappa shape index (κ2) is 7.96. The molecule has 4 rings (SSSR count). The number of rotatable bonds is 5. The molecule has 0 bridgehead atoms. The monoisotopic (exact) mass is 378 g/mol. The Balaban J connectivity index is 1.45. The molecule has 1 aromatic carbocycles. The summed E-state index contributed by atoms with van der Waals surface area (Å²) in [4.78, 5) is 21.8. The van der Waals surface area contributed by atoms with Crippen LogP contribution >= 0.6 is 0 Å². The lowest BCUT2D eigenvalue weighted by Gasteiger charge is -2.36. The fourth-order valence-electron chi connectivity index (χ4n) is 3.79. The number of aromatic nitrogens is 4. The van der Waals surface area contributed by atoms with E-state index in [0.717, 1.165) is 37.3 Å². The number of piperazine rings is 1. The van der Waals surface area contributed by atoms with Gasteiger partial charge in [-0.25, -0.2) is 0 Å². The van der Waals surface area contributed by atoms with Crippen molar-refractivity contribution in [2.24, 2.45) is 0 Å². The van der Waals surface area contributed by atoms with Gasteiger partial charge in [-0.2, -0.15) is 4.98 Å². The van der Waals surface area contributed by atoms with Crippen LogP contribution in [0.2, 0.25) is 0 Å². The van der Waals surface area contributed by atoms with E-state index in [2.05, 4.69) is 33.1 Å². The van der Waals surface area contributed by atoms with Gasteiger partial charge in [0.05, 0.1) is 5.92 Å². The van der Waals surface area contributed by atoms with E-state index in [0.29, 0.717) is 18.9 Å². The van der Waals surface area contributed by atoms with E-state index in [9.17, 15) is 4.79 Å². The van der Waals surface area contributed by atoms with E-state index in [-0.39, 0.29) is 11.8 Å². The third-order valence-corrected chi connectivity index (χ3v) is 5.44. The first kappa shape index (κ1) is 18.4. The zero-order valence-corrected chi connectivity index (χ0v) is 16.5. The fraction of sp³-hybridized carbons (Fsp3) is 0.429. The molecule has 0 aliphatic carbocycles. The van der Waals surface area contributed by atoms with E-state index in [1.54, 1.807) is 6.33 Å². The Morgan fingerprint density at radius 3 is 2.61 bits per heavy atom. The van der Waals surface area contributed by atoms with Crippen molar-refractivity contribution in [2.45, 2.75) is 32.6 Å². The molecule has 0 spiro atoms. The van der Waals surface area contributed by atoms with Crippen LogP contribution in [-0.4, -0.2) is 56.6 Å². The lowest BCUT2D eigenvalue weighted by atomic mass is 9.99. The van der Waals surface area contributed by atoms with Crippen LogP contribution in [0.15, 0.2) is 42.7 Å². The van der Waals surface area contributed by atoms with Crippen molar-refractivity contribution in [1.29, 1.82) is 0 Å². The summed E-state index contributed by atoms with van der Waals surface area (Å²) in [5.74, 6) is 1.64. The van der Waals surface area contributed by atoms with Gasteiger partial charge in [0.25, 0.3) is 5.78 Å². The number of carbonyl (C=O) groups excluding carboxylic acids is 1. The van der Waals surface area contributed by atoms with Gasteiger partial charge in [-0.1, -0.05) is 43.7 Å². The van der Waals surface area contributed by atoms with Crippen LogP contribution in [0, 0.1) is 0 Å². The largest absolute Gasteiger partial charge is 0.353 e. The topological polar surface area (TPSA) is 66.6 Å². The summed E-state index contributed by atoms with van der Waals surface area (Å²) in [5.41, 5.74) is 2.24. The predicted molar refractivity (Wildman–Crippen MR) is 108 cm³/mol. The third-order valence-electron chi connectivity index (χ3n) is 5.44. The van der Waals surface area contributed by atoms with E-state index in [1.807, 2.05) is 46.6 Å². The van der Waals surface area contributed by atoms with Crippen LogP contribution in [0.1, 0.15) is 37.4 Å². The van der Waals surface area contributed by atoms with Gasteiger partial charge in [-0.15, -0.1) is 10.2 Å². The highest BCUT2D eigenvalue weighted by Crippen LogP contribution is 2.21. The molecule has 0 saturated carbocycles. The number of benzene rings is 1. The Kier molecular flexibility index (Phi) is 5.23. The summed E-state index contributed by atoms with van der Waals surface area (Å²) < 4.78 is 1.95. The van der Waals surface area contributed by atoms with Gasteiger partial charge in [-0.3, -0.25) is 9.20 Å². The van der Waals surface area contributed by atoms with Crippen molar-refractivity contribution in [3.05, 3.63) is 54.0 Å². The summed E-state index contributed by atoms with van der Waals surface area (Å²) in [6.07, 6.45) is 3.73. The maximum atomic E-state index is 12.9. The first-order valence-corrected chi connectivity index (χ1v) is 9.95. The second-order valence-electron chi connectivity index (χ2n) is 7.30. The number of nitrogens with zero attached hydrogens (tertiary/aromatic N) is 6. The normalized spacial score (nSPS) is 15.8. The average molecular weight is 378 g/mol. The molecule has 1 aliphatic heterocycles. The molecule has 1 saturated heterocycles. The molecule has 146 valence electrons. The van der Waals surface area contributed by atoms with Crippen LogP contribution < -0.4 is 4.90 Å². The van der Waals surface area contributed by atoms with Crippen LogP contribution in [-0.2, 0) is 11.2 Å². The molecule has 1 aliphatic rings. The van der Waals surface area contributed by atoms with Gasteiger partial charge >= 0.3 is 0 Å². The maximum Gasteiger partial charge on any atom is 0.256 e. The molecular weight excluding hydrogens is 352 g/mol. The number of hydrogen-bond acceptors (Lipinski definition) is 5. The molecule has 7 heteroatoms. The molecule has 1 atom stereocenters. The van der Waals surface area contributed by atoms with Crippen LogP contribution in [0.4, 0.5) is 5.82 Å². The molecular formula is C21H26N6O.